The summed E-state index contributed by atoms with van der Waals surface area (Å²) in [4.78, 5) is 29.3. The molecule has 0 saturated heterocycles. The molecule has 1 aliphatic rings. The van der Waals surface area contributed by atoms with Gasteiger partial charge in [-0.2, -0.15) is 0 Å². The van der Waals surface area contributed by atoms with Gasteiger partial charge in [0, 0.05) is 31.3 Å². The summed E-state index contributed by atoms with van der Waals surface area (Å²) >= 11 is 1.35. The van der Waals surface area contributed by atoms with E-state index in [9.17, 15) is 9.59 Å². The van der Waals surface area contributed by atoms with Crippen molar-refractivity contribution in [2.75, 3.05) is 34.5 Å². The predicted octanol–water partition coefficient (Wildman–Crippen LogP) is 4.04. The van der Waals surface area contributed by atoms with Gasteiger partial charge in [-0.05, 0) is 36.4 Å². The van der Waals surface area contributed by atoms with Gasteiger partial charge in [0.05, 0.1) is 25.7 Å². The molecule has 32 heavy (non-hydrogen) atoms. The highest BCUT2D eigenvalue weighted by Crippen LogP contribution is 2.34. The number of methoxy groups -OCH3 is 3. The van der Waals surface area contributed by atoms with Gasteiger partial charge in [0.2, 0.25) is 5.91 Å². The van der Waals surface area contributed by atoms with Crippen LogP contribution in [0.3, 0.4) is 0 Å². The zero-order valence-electron chi connectivity index (χ0n) is 19.0. The maximum Gasteiger partial charge on any atom is 0.264 e. The predicted molar refractivity (Wildman–Crippen MR) is 125 cm³/mol. The lowest BCUT2D eigenvalue weighted by Crippen LogP contribution is -2.48. The van der Waals surface area contributed by atoms with Crippen LogP contribution < -0.4 is 14.8 Å². The third-order valence-corrected chi connectivity index (χ3v) is 6.63. The molecule has 2 aromatic rings. The Balaban J connectivity index is 2.02. The fraction of sp³-hybridized carbons (Fsp3) is 0.500. The second kappa shape index (κ2) is 11.9. The second-order valence-electron chi connectivity index (χ2n) is 7.82. The molecular formula is C24H32N2O5S. The molecule has 7 nitrogen and oxygen atoms in total. The smallest absolute Gasteiger partial charge is 0.264 e. The topological polar surface area (TPSA) is 77.1 Å². The number of ether oxygens (including phenoxy) is 3. The fourth-order valence-corrected chi connectivity index (χ4v) is 4.78. The van der Waals surface area contributed by atoms with E-state index >= 15 is 0 Å². The van der Waals surface area contributed by atoms with Crippen molar-refractivity contribution in [2.45, 2.75) is 44.2 Å². The summed E-state index contributed by atoms with van der Waals surface area (Å²) in [5.41, 5.74) is 0.614. The van der Waals surface area contributed by atoms with E-state index in [4.69, 9.17) is 14.2 Å². The molecule has 0 aliphatic heterocycles. The van der Waals surface area contributed by atoms with Crippen molar-refractivity contribution in [3.05, 3.63) is 46.2 Å². The zero-order valence-corrected chi connectivity index (χ0v) is 19.8. The summed E-state index contributed by atoms with van der Waals surface area (Å²) in [6.45, 7) is 0.577. The lowest BCUT2D eigenvalue weighted by Gasteiger charge is -2.33. The number of hydrogen-bond acceptors (Lipinski definition) is 6. The van der Waals surface area contributed by atoms with Gasteiger partial charge < -0.3 is 24.4 Å². The van der Waals surface area contributed by atoms with Gasteiger partial charge in [-0.1, -0.05) is 25.3 Å². The van der Waals surface area contributed by atoms with Gasteiger partial charge in [0.1, 0.15) is 17.5 Å². The summed E-state index contributed by atoms with van der Waals surface area (Å²) < 4.78 is 16.2. The number of hydrogen-bond donors (Lipinski definition) is 1. The molecule has 3 rings (SSSR count). The Morgan fingerprint density at radius 1 is 1.12 bits per heavy atom. The highest BCUT2D eigenvalue weighted by atomic mass is 32.1. The lowest BCUT2D eigenvalue weighted by molar-refractivity contribution is -0.127. The van der Waals surface area contributed by atoms with Crippen molar-refractivity contribution in [1.82, 2.24) is 10.2 Å². The Bertz CT molecular complexity index is 881. The summed E-state index contributed by atoms with van der Waals surface area (Å²) in [7, 11) is 4.71. The summed E-state index contributed by atoms with van der Waals surface area (Å²) in [5, 5.41) is 5.05. The molecule has 0 bridgehead atoms. The lowest BCUT2D eigenvalue weighted by atomic mass is 9.94. The monoisotopic (exact) mass is 460 g/mol. The van der Waals surface area contributed by atoms with Crippen molar-refractivity contribution in [2.24, 2.45) is 0 Å². The van der Waals surface area contributed by atoms with E-state index in [2.05, 4.69) is 5.32 Å². The first-order valence-electron chi connectivity index (χ1n) is 10.9. The minimum absolute atomic E-state index is 0.115. The first kappa shape index (κ1) is 24.1. The van der Waals surface area contributed by atoms with Crippen molar-refractivity contribution in [3.63, 3.8) is 0 Å². The van der Waals surface area contributed by atoms with Crippen LogP contribution in [0.15, 0.2) is 35.7 Å². The van der Waals surface area contributed by atoms with Crippen LogP contribution in [0.2, 0.25) is 0 Å². The molecule has 1 aliphatic carbocycles. The molecule has 1 fully saturated rings. The van der Waals surface area contributed by atoms with E-state index in [-0.39, 0.29) is 24.4 Å². The molecule has 2 amide bonds. The van der Waals surface area contributed by atoms with Crippen LogP contribution in [0.5, 0.6) is 11.5 Å². The Morgan fingerprint density at radius 2 is 1.91 bits per heavy atom. The first-order chi connectivity index (χ1) is 15.6. The van der Waals surface area contributed by atoms with Gasteiger partial charge in [0.15, 0.2) is 0 Å². The van der Waals surface area contributed by atoms with E-state index < -0.39 is 6.04 Å². The summed E-state index contributed by atoms with van der Waals surface area (Å²) in [6.07, 6.45) is 5.30. The largest absolute Gasteiger partial charge is 0.497 e. The van der Waals surface area contributed by atoms with Gasteiger partial charge in [-0.15, -0.1) is 11.3 Å². The second-order valence-corrected chi connectivity index (χ2v) is 8.77. The molecule has 1 atom stereocenters. The van der Waals surface area contributed by atoms with E-state index in [0.717, 1.165) is 25.7 Å². The number of carbonyl (C=O) groups is 2. The Kier molecular flexibility index (Phi) is 8.93. The van der Waals surface area contributed by atoms with Crippen LogP contribution in [-0.4, -0.2) is 57.2 Å². The molecule has 1 saturated carbocycles. The number of amides is 2. The maximum atomic E-state index is 13.7. The van der Waals surface area contributed by atoms with Crippen molar-refractivity contribution in [3.8, 4) is 11.5 Å². The number of rotatable bonds is 10. The quantitative estimate of drug-likeness (QED) is 0.579. The van der Waals surface area contributed by atoms with Crippen molar-refractivity contribution >= 4 is 23.2 Å². The van der Waals surface area contributed by atoms with Crippen LogP contribution in [0, 0.1) is 0 Å². The molecule has 1 heterocycles. The van der Waals surface area contributed by atoms with Gasteiger partial charge in [0.25, 0.3) is 5.91 Å². The molecule has 1 aromatic carbocycles. The van der Waals surface area contributed by atoms with Crippen LogP contribution in [0.25, 0.3) is 0 Å². The molecule has 174 valence electrons. The van der Waals surface area contributed by atoms with Gasteiger partial charge >= 0.3 is 0 Å². The molecular weight excluding hydrogens is 428 g/mol. The zero-order chi connectivity index (χ0) is 22.9. The number of carbonyl (C=O) groups excluding carboxylic acids is 2. The first-order valence-corrected chi connectivity index (χ1v) is 11.8. The molecule has 0 radical (unpaired) electrons. The number of nitrogens with one attached hydrogen (secondary N) is 1. The number of nitrogens with zero attached hydrogens (tertiary/aromatic N) is 1. The highest BCUT2D eigenvalue weighted by Gasteiger charge is 2.35. The normalized spacial score (nSPS) is 15.1. The summed E-state index contributed by atoms with van der Waals surface area (Å²) in [5.74, 6) is 0.694. The number of thiophene rings is 1. The van der Waals surface area contributed by atoms with Gasteiger partial charge in [-0.25, -0.2) is 0 Å². The number of benzene rings is 1. The van der Waals surface area contributed by atoms with E-state index in [1.165, 1.54) is 17.8 Å². The van der Waals surface area contributed by atoms with E-state index in [1.54, 1.807) is 50.5 Å². The van der Waals surface area contributed by atoms with Crippen LogP contribution in [-0.2, 0) is 9.53 Å². The van der Waals surface area contributed by atoms with Crippen molar-refractivity contribution < 1.29 is 23.8 Å². The average Bonchev–Trinajstić information content (AvgIpc) is 3.36. The maximum absolute atomic E-state index is 13.7. The van der Waals surface area contributed by atoms with Crippen LogP contribution >= 0.6 is 11.3 Å². The van der Waals surface area contributed by atoms with Crippen LogP contribution in [0.1, 0.15) is 53.4 Å². The van der Waals surface area contributed by atoms with Crippen LogP contribution in [0.4, 0.5) is 0 Å². The minimum Gasteiger partial charge on any atom is -0.497 e. The molecule has 1 aromatic heterocycles. The Morgan fingerprint density at radius 3 is 2.53 bits per heavy atom. The summed E-state index contributed by atoms with van der Waals surface area (Å²) in [6, 6.07) is 8.17. The SMILES string of the molecule is COCCN(C(=O)c1cccs1)[C@H](C(=O)NC1CCCCC1)c1ccc(OC)cc1OC. The average molecular weight is 461 g/mol. The fourth-order valence-electron chi connectivity index (χ4n) is 4.10. The standard InChI is InChI=1S/C24H32N2O5S/c1-29-14-13-26(24(28)21-10-7-15-32-21)22(23(27)25-17-8-5-4-6-9-17)19-12-11-18(30-2)16-20(19)31-3/h7,10-12,15-17,22H,4-6,8-9,13-14H2,1-3H3,(H,25,27)/t22-/m0/s1. The highest BCUT2D eigenvalue weighted by molar-refractivity contribution is 7.12. The Hall–Kier alpha value is -2.58. The van der Waals surface area contributed by atoms with E-state index in [0.29, 0.717) is 28.5 Å². The minimum atomic E-state index is -0.859. The molecule has 1 N–H and O–H groups in total. The molecule has 8 heteroatoms. The molecule has 0 spiro atoms. The molecule has 0 unspecified atom stereocenters. The van der Waals surface area contributed by atoms with Crippen molar-refractivity contribution in [1.29, 1.82) is 0 Å². The Labute approximate surface area is 193 Å². The third kappa shape index (κ3) is 5.81. The third-order valence-electron chi connectivity index (χ3n) is 5.78. The van der Waals surface area contributed by atoms with E-state index in [1.807, 2.05) is 11.4 Å². The van der Waals surface area contributed by atoms with Gasteiger partial charge in [-0.3, -0.25) is 9.59 Å².